The zero-order valence-electron chi connectivity index (χ0n) is 18.5. The SMILES string of the molecule is CNC(=O)c1ccc([C@H](C)N2C(=O)[C@H]3CC2CN3C[C@H](N)C(=O)N2CCC[C@H]2C#N)cc1. The van der Waals surface area contributed by atoms with E-state index in [0.717, 1.165) is 18.4 Å². The summed E-state index contributed by atoms with van der Waals surface area (Å²) >= 11 is 0. The van der Waals surface area contributed by atoms with Gasteiger partial charge >= 0.3 is 0 Å². The summed E-state index contributed by atoms with van der Waals surface area (Å²) in [5.41, 5.74) is 7.77. The predicted molar refractivity (Wildman–Crippen MR) is 117 cm³/mol. The molecule has 0 saturated carbocycles. The van der Waals surface area contributed by atoms with Crippen LogP contribution in [0.5, 0.6) is 0 Å². The van der Waals surface area contributed by atoms with Gasteiger partial charge in [0.15, 0.2) is 0 Å². The summed E-state index contributed by atoms with van der Waals surface area (Å²) in [6, 6.07) is 8.08. The molecule has 1 unspecified atom stereocenters. The molecule has 0 radical (unpaired) electrons. The van der Waals surface area contributed by atoms with Gasteiger partial charge in [-0.05, 0) is 43.9 Å². The van der Waals surface area contributed by atoms with Crippen molar-refractivity contribution in [1.82, 2.24) is 20.0 Å². The summed E-state index contributed by atoms with van der Waals surface area (Å²) in [5, 5.41) is 11.8. The van der Waals surface area contributed by atoms with Gasteiger partial charge < -0.3 is 20.9 Å². The molecule has 4 rings (SSSR count). The van der Waals surface area contributed by atoms with Gasteiger partial charge in [-0.1, -0.05) is 12.1 Å². The number of amides is 3. The van der Waals surface area contributed by atoms with Crippen molar-refractivity contribution in [2.24, 2.45) is 5.73 Å². The van der Waals surface area contributed by atoms with Crippen LogP contribution in [0.25, 0.3) is 0 Å². The summed E-state index contributed by atoms with van der Waals surface area (Å²) in [5.74, 6) is -0.289. The number of hydrogen-bond acceptors (Lipinski definition) is 6. The fourth-order valence-corrected chi connectivity index (χ4v) is 5.33. The van der Waals surface area contributed by atoms with Crippen molar-refractivity contribution in [3.05, 3.63) is 35.4 Å². The van der Waals surface area contributed by atoms with Crippen LogP contribution in [0.4, 0.5) is 0 Å². The first-order valence-electron chi connectivity index (χ1n) is 11.2. The summed E-state index contributed by atoms with van der Waals surface area (Å²) in [4.78, 5) is 43.2. The normalized spacial score (nSPS) is 26.8. The quantitative estimate of drug-likeness (QED) is 0.656. The van der Waals surface area contributed by atoms with Crippen LogP contribution in [-0.4, -0.2) is 83.3 Å². The van der Waals surface area contributed by atoms with Gasteiger partial charge in [0.05, 0.1) is 24.2 Å². The number of piperazine rings is 1. The van der Waals surface area contributed by atoms with E-state index in [-0.39, 0.29) is 35.8 Å². The molecule has 9 heteroatoms. The molecule has 3 amide bonds. The first-order valence-corrected chi connectivity index (χ1v) is 11.2. The van der Waals surface area contributed by atoms with E-state index in [4.69, 9.17) is 5.73 Å². The van der Waals surface area contributed by atoms with E-state index in [0.29, 0.717) is 31.6 Å². The molecule has 0 aliphatic carbocycles. The Hall–Kier alpha value is -2.96. The number of hydrogen-bond donors (Lipinski definition) is 2. The monoisotopic (exact) mass is 438 g/mol. The number of fused-ring (bicyclic) bond motifs is 2. The molecular weight excluding hydrogens is 408 g/mol. The van der Waals surface area contributed by atoms with E-state index >= 15 is 0 Å². The molecule has 32 heavy (non-hydrogen) atoms. The van der Waals surface area contributed by atoms with E-state index < -0.39 is 12.1 Å². The lowest BCUT2D eigenvalue weighted by Crippen LogP contribution is -2.56. The number of nitrogens with two attached hydrogens (primary N) is 1. The third kappa shape index (κ3) is 3.85. The zero-order valence-corrected chi connectivity index (χ0v) is 18.5. The number of nitrogens with zero attached hydrogens (tertiary/aromatic N) is 4. The second kappa shape index (κ2) is 8.88. The Morgan fingerprint density at radius 2 is 2.03 bits per heavy atom. The van der Waals surface area contributed by atoms with Gasteiger partial charge in [-0.3, -0.25) is 19.3 Å². The van der Waals surface area contributed by atoms with E-state index in [1.807, 2.05) is 28.9 Å². The highest BCUT2D eigenvalue weighted by Gasteiger charge is 2.51. The molecule has 0 aromatic heterocycles. The standard InChI is InChI=1S/C23H30N6O3/c1-14(15-5-7-16(8-6-15)21(30)26-2)29-18-10-20(23(29)32)27(12-18)13-19(25)22(31)28-9-3-4-17(28)11-24/h5-8,14,17-20H,3-4,9-10,12-13,25H2,1-2H3,(H,26,30)/t14-,17-,18?,19-,20+/m0/s1. The van der Waals surface area contributed by atoms with Gasteiger partial charge in [0.1, 0.15) is 6.04 Å². The average Bonchev–Trinajstić information content (AvgIpc) is 3.52. The van der Waals surface area contributed by atoms with Crippen molar-refractivity contribution in [2.45, 2.75) is 56.4 Å². The molecule has 170 valence electrons. The second-order valence-electron chi connectivity index (χ2n) is 8.91. The summed E-state index contributed by atoms with van der Waals surface area (Å²) in [7, 11) is 1.59. The van der Waals surface area contributed by atoms with Crippen LogP contribution in [-0.2, 0) is 9.59 Å². The van der Waals surface area contributed by atoms with Crippen molar-refractivity contribution >= 4 is 17.7 Å². The number of nitriles is 1. The Labute approximate surface area is 188 Å². The molecule has 2 bridgehead atoms. The van der Waals surface area contributed by atoms with Gasteiger partial charge in [-0.15, -0.1) is 0 Å². The molecule has 5 atom stereocenters. The predicted octanol–water partition coefficient (Wildman–Crippen LogP) is 0.234. The smallest absolute Gasteiger partial charge is 0.251 e. The molecular formula is C23H30N6O3. The minimum absolute atomic E-state index is 0.0554. The zero-order chi connectivity index (χ0) is 23.0. The Bertz CT molecular complexity index is 942. The number of rotatable bonds is 6. The molecule has 3 N–H and O–H groups in total. The Morgan fingerprint density at radius 3 is 2.66 bits per heavy atom. The van der Waals surface area contributed by atoms with Gasteiger partial charge in [-0.25, -0.2) is 0 Å². The van der Waals surface area contributed by atoms with Crippen LogP contribution in [0, 0.1) is 11.3 Å². The van der Waals surface area contributed by atoms with E-state index in [1.165, 1.54) is 0 Å². The minimum Gasteiger partial charge on any atom is -0.355 e. The van der Waals surface area contributed by atoms with Crippen LogP contribution in [0.15, 0.2) is 24.3 Å². The third-order valence-corrected chi connectivity index (χ3v) is 7.05. The highest BCUT2D eigenvalue weighted by atomic mass is 16.2. The van der Waals surface area contributed by atoms with E-state index in [9.17, 15) is 19.6 Å². The first-order chi connectivity index (χ1) is 15.3. The van der Waals surface area contributed by atoms with Crippen molar-refractivity contribution in [3.8, 4) is 6.07 Å². The maximum Gasteiger partial charge on any atom is 0.251 e. The highest BCUT2D eigenvalue weighted by Crippen LogP contribution is 2.38. The maximum atomic E-state index is 13.2. The van der Waals surface area contributed by atoms with Gasteiger partial charge in [-0.2, -0.15) is 5.26 Å². The van der Waals surface area contributed by atoms with Crippen LogP contribution in [0.1, 0.15) is 48.1 Å². The lowest BCUT2D eigenvalue weighted by Gasteiger charge is -2.38. The third-order valence-electron chi connectivity index (χ3n) is 7.05. The van der Waals surface area contributed by atoms with Crippen LogP contribution in [0.3, 0.4) is 0 Å². The molecule has 3 heterocycles. The fourth-order valence-electron chi connectivity index (χ4n) is 5.33. The highest BCUT2D eigenvalue weighted by molar-refractivity contribution is 5.94. The largest absolute Gasteiger partial charge is 0.355 e. The van der Waals surface area contributed by atoms with Crippen LogP contribution in [0.2, 0.25) is 0 Å². The molecule has 1 aromatic carbocycles. The van der Waals surface area contributed by atoms with E-state index in [2.05, 4.69) is 11.4 Å². The molecule has 0 spiro atoms. The molecule has 3 aliphatic heterocycles. The first kappa shape index (κ1) is 22.2. The van der Waals surface area contributed by atoms with Crippen molar-refractivity contribution < 1.29 is 14.4 Å². The van der Waals surface area contributed by atoms with Gasteiger partial charge in [0, 0.05) is 38.3 Å². The summed E-state index contributed by atoms with van der Waals surface area (Å²) < 4.78 is 0. The number of likely N-dealkylation sites (tertiary alicyclic amines) is 3. The van der Waals surface area contributed by atoms with Crippen molar-refractivity contribution in [3.63, 3.8) is 0 Å². The average molecular weight is 439 g/mol. The molecule has 3 fully saturated rings. The number of carbonyl (C=O) groups is 3. The molecule has 1 aromatic rings. The van der Waals surface area contributed by atoms with Crippen LogP contribution < -0.4 is 11.1 Å². The lowest BCUT2D eigenvalue weighted by molar-refractivity contribution is -0.140. The minimum atomic E-state index is -0.737. The van der Waals surface area contributed by atoms with Crippen molar-refractivity contribution in [1.29, 1.82) is 5.26 Å². The van der Waals surface area contributed by atoms with Gasteiger partial charge in [0.25, 0.3) is 5.91 Å². The Kier molecular flexibility index (Phi) is 6.17. The van der Waals surface area contributed by atoms with Crippen LogP contribution >= 0.6 is 0 Å². The Morgan fingerprint density at radius 1 is 1.31 bits per heavy atom. The number of nitrogens with one attached hydrogen (secondary N) is 1. The lowest BCUT2D eigenvalue weighted by atomic mass is 10.0. The van der Waals surface area contributed by atoms with E-state index in [1.54, 1.807) is 24.1 Å². The summed E-state index contributed by atoms with van der Waals surface area (Å²) in [6.07, 6.45) is 2.24. The maximum absolute atomic E-state index is 13.2. The number of benzene rings is 1. The van der Waals surface area contributed by atoms with Gasteiger partial charge in [0.2, 0.25) is 11.8 Å². The Balaban J connectivity index is 1.38. The summed E-state index contributed by atoms with van der Waals surface area (Å²) in [6.45, 7) is 3.57. The molecule has 3 aliphatic rings. The molecule has 9 nitrogen and oxygen atoms in total. The fraction of sp³-hybridized carbons (Fsp3) is 0.565. The second-order valence-corrected chi connectivity index (χ2v) is 8.91. The number of carbonyl (C=O) groups excluding carboxylic acids is 3. The van der Waals surface area contributed by atoms with Crippen molar-refractivity contribution in [2.75, 3.05) is 26.7 Å². The molecule has 3 saturated heterocycles. The topological polar surface area (TPSA) is 123 Å².